The molecule has 0 saturated carbocycles. The van der Waals surface area contributed by atoms with Crippen molar-refractivity contribution >= 4 is 5.97 Å². The van der Waals surface area contributed by atoms with Crippen molar-refractivity contribution in [1.29, 1.82) is 0 Å². The second-order valence-electron chi connectivity index (χ2n) is 2.53. The van der Waals surface area contributed by atoms with Crippen LogP contribution in [-0.4, -0.2) is 16.1 Å². The fourth-order valence-electron chi connectivity index (χ4n) is 1.00. The largest absolute Gasteiger partial charge is 0.478 e. The molecule has 0 spiro atoms. The fourth-order valence-corrected chi connectivity index (χ4v) is 1.00. The van der Waals surface area contributed by atoms with Gasteiger partial charge in [-0.05, 0) is 11.6 Å². The van der Waals surface area contributed by atoms with Crippen LogP contribution in [0.4, 0.5) is 0 Å². The predicted molar refractivity (Wildman–Crippen MR) is 48.3 cm³/mol. The van der Waals surface area contributed by atoms with Gasteiger partial charge in [0.15, 0.2) is 0 Å². The molecular weight excluding hydrogens is 168 g/mol. The second-order valence-corrected chi connectivity index (χ2v) is 2.53. The summed E-state index contributed by atoms with van der Waals surface area (Å²) < 4.78 is 0. The van der Waals surface area contributed by atoms with Gasteiger partial charge in [-0.3, -0.25) is 4.98 Å². The predicted octanol–water partition coefficient (Wildman–Crippen LogP) is 0.966. The van der Waals surface area contributed by atoms with Gasteiger partial charge in [0.2, 0.25) is 0 Å². The molecule has 0 aliphatic heterocycles. The van der Waals surface area contributed by atoms with Crippen molar-refractivity contribution in [2.75, 3.05) is 0 Å². The molecule has 0 unspecified atom stereocenters. The van der Waals surface area contributed by atoms with Gasteiger partial charge in [-0.25, -0.2) is 4.79 Å². The minimum absolute atomic E-state index is 0.120. The van der Waals surface area contributed by atoms with Gasteiger partial charge in [0.05, 0.1) is 5.56 Å². The molecule has 0 aliphatic carbocycles. The van der Waals surface area contributed by atoms with Crippen LogP contribution in [0.5, 0.6) is 0 Å². The number of aromatic nitrogens is 1. The second kappa shape index (κ2) is 3.82. The lowest BCUT2D eigenvalue weighted by atomic mass is 10.0. The lowest BCUT2D eigenvalue weighted by Gasteiger charge is -2.08. The zero-order valence-electron chi connectivity index (χ0n) is 6.97. The molecule has 3 N–H and O–H groups in total. The van der Waals surface area contributed by atoms with Crippen molar-refractivity contribution in [3.05, 3.63) is 42.2 Å². The normalized spacial score (nSPS) is 12.1. The molecule has 0 bridgehead atoms. The van der Waals surface area contributed by atoms with Crippen LogP contribution in [0, 0.1) is 0 Å². The van der Waals surface area contributed by atoms with Gasteiger partial charge in [-0.1, -0.05) is 6.08 Å². The van der Waals surface area contributed by atoms with E-state index in [4.69, 9.17) is 10.8 Å². The van der Waals surface area contributed by atoms with Gasteiger partial charge >= 0.3 is 5.97 Å². The smallest absolute Gasteiger partial charge is 0.337 e. The molecule has 0 aliphatic rings. The molecule has 0 radical (unpaired) electrons. The van der Waals surface area contributed by atoms with Gasteiger partial charge in [0.25, 0.3) is 0 Å². The molecule has 1 atom stereocenters. The van der Waals surface area contributed by atoms with E-state index in [1.165, 1.54) is 18.5 Å². The SMILES string of the molecule is C=C[C@H](N)c1ccncc1C(=O)O. The number of hydrogen-bond acceptors (Lipinski definition) is 3. The fraction of sp³-hybridized carbons (Fsp3) is 0.111. The monoisotopic (exact) mass is 178 g/mol. The van der Waals surface area contributed by atoms with Gasteiger partial charge in [0, 0.05) is 18.4 Å². The zero-order chi connectivity index (χ0) is 9.84. The van der Waals surface area contributed by atoms with Crippen molar-refractivity contribution in [3.63, 3.8) is 0 Å². The van der Waals surface area contributed by atoms with E-state index in [9.17, 15) is 4.79 Å². The first-order chi connectivity index (χ1) is 6.16. The van der Waals surface area contributed by atoms with E-state index >= 15 is 0 Å². The van der Waals surface area contributed by atoms with Gasteiger partial charge in [0.1, 0.15) is 0 Å². The average molecular weight is 178 g/mol. The van der Waals surface area contributed by atoms with Crippen molar-refractivity contribution in [2.45, 2.75) is 6.04 Å². The van der Waals surface area contributed by atoms with Crippen LogP contribution in [0.3, 0.4) is 0 Å². The summed E-state index contributed by atoms with van der Waals surface area (Å²) in [7, 11) is 0. The molecule has 0 fully saturated rings. The molecule has 4 heteroatoms. The van der Waals surface area contributed by atoms with Crippen LogP contribution in [0.1, 0.15) is 22.0 Å². The molecule has 1 aromatic heterocycles. The highest BCUT2D eigenvalue weighted by Crippen LogP contribution is 2.15. The van der Waals surface area contributed by atoms with Crippen LogP contribution >= 0.6 is 0 Å². The molecule has 1 rings (SSSR count). The van der Waals surface area contributed by atoms with E-state index in [-0.39, 0.29) is 5.56 Å². The minimum Gasteiger partial charge on any atom is -0.478 e. The summed E-state index contributed by atoms with van der Waals surface area (Å²) in [4.78, 5) is 14.4. The summed E-state index contributed by atoms with van der Waals surface area (Å²) >= 11 is 0. The summed E-state index contributed by atoms with van der Waals surface area (Å²) in [6, 6.07) is 1.12. The van der Waals surface area contributed by atoms with E-state index < -0.39 is 12.0 Å². The Morgan fingerprint density at radius 1 is 1.77 bits per heavy atom. The Balaban J connectivity index is 3.19. The number of carboxylic acid groups (broad SMARTS) is 1. The molecule has 0 aromatic carbocycles. The number of rotatable bonds is 3. The summed E-state index contributed by atoms with van der Waals surface area (Å²) in [6.45, 7) is 3.50. The Bertz CT molecular complexity index is 336. The van der Waals surface area contributed by atoms with Crippen LogP contribution in [0.15, 0.2) is 31.1 Å². The highest BCUT2D eigenvalue weighted by Gasteiger charge is 2.12. The Kier molecular flexibility index (Phi) is 2.76. The average Bonchev–Trinajstić information content (AvgIpc) is 2.16. The molecule has 1 heterocycles. The van der Waals surface area contributed by atoms with E-state index in [0.717, 1.165) is 0 Å². The first-order valence-electron chi connectivity index (χ1n) is 3.72. The third kappa shape index (κ3) is 1.91. The number of nitrogens with zero attached hydrogens (tertiary/aromatic N) is 1. The quantitative estimate of drug-likeness (QED) is 0.676. The van der Waals surface area contributed by atoms with Crippen molar-refractivity contribution < 1.29 is 9.90 Å². The maximum atomic E-state index is 10.7. The maximum absolute atomic E-state index is 10.7. The zero-order valence-corrected chi connectivity index (χ0v) is 6.97. The molecule has 0 amide bonds. The van der Waals surface area contributed by atoms with Gasteiger partial charge in [-0.2, -0.15) is 0 Å². The van der Waals surface area contributed by atoms with Crippen LogP contribution in [0.25, 0.3) is 0 Å². The number of aromatic carboxylic acids is 1. The molecule has 68 valence electrons. The van der Waals surface area contributed by atoms with Crippen molar-refractivity contribution in [1.82, 2.24) is 4.98 Å². The van der Waals surface area contributed by atoms with Crippen molar-refractivity contribution in [2.24, 2.45) is 5.73 Å². The lowest BCUT2D eigenvalue weighted by molar-refractivity contribution is 0.0695. The number of pyridine rings is 1. The third-order valence-electron chi connectivity index (χ3n) is 1.70. The summed E-state index contributed by atoms with van der Waals surface area (Å²) in [5, 5.41) is 8.78. The minimum atomic E-state index is -1.03. The third-order valence-corrected chi connectivity index (χ3v) is 1.70. The lowest BCUT2D eigenvalue weighted by Crippen LogP contribution is -2.12. The topological polar surface area (TPSA) is 76.2 Å². The highest BCUT2D eigenvalue weighted by atomic mass is 16.4. The van der Waals surface area contributed by atoms with E-state index in [1.807, 2.05) is 0 Å². The molecule has 13 heavy (non-hydrogen) atoms. The standard InChI is InChI=1S/C9H10N2O2/c1-2-8(10)6-3-4-11-5-7(6)9(12)13/h2-5,8H,1,10H2,(H,12,13)/t8-/m0/s1. The number of carboxylic acids is 1. The Labute approximate surface area is 75.7 Å². The molecule has 4 nitrogen and oxygen atoms in total. The highest BCUT2D eigenvalue weighted by molar-refractivity contribution is 5.89. The molecule has 1 aromatic rings. The first kappa shape index (κ1) is 9.41. The first-order valence-corrected chi connectivity index (χ1v) is 3.72. The van der Waals surface area contributed by atoms with Crippen LogP contribution in [0.2, 0.25) is 0 Å². The van der Waals surface area contributed by atoms with E-state index in [0.29, 0.717) is 5.56 Å². The van der Waals surface area contributed by atoms with Gasteiger partial charge < -0.3 is 10.8 Å². The number of carbonyl (C=O) groups is 1. The Morgan fingerprint density at radius 3 is 3.00 bits per heavy atom. The Morgan fingerprint density at radius 2 is 2.46 bits per heavy atom. The summed E-state index contributed by atoms with van der Waals surface area (Å²) in [6.07, 6.45) is 4.27. The summed E-state index contributed by atoms with van der Waals surface area (Å²) in [5.41, 5.74) is 6.27. The maximum Gasteiger partial charge on any atom is 0.337 e. The molecule has 0 saturated heterocycles. The molecular formula is C9H10N2O2. The van der Waals surface area contributed by atoms with Crippen LogP contribution < -0.4 is 5.73 Å². The number of nitrogens with two attached hydrogens (primary N) is 1. The van der Waals surface area contributed by atoms with E-state index in [2.05, 4.69) is 11.6 Å². The Hall–Kier alpha value is -1.68. The van der Waals surface area contributed by atoms with E-state index in [1.54, 1.807) is 6.07 Å². The number of hydrogen-bond donors (Lipinski definition) is 2. The van der Waals surface area contributed by atoms with Gasteiger partial charge in [-0.15, -0.1) is 6.58 Å². The van der Waals surface area contributed by atoms with Crippen molar-refractivity contribution in [3.8, 4) is 0 Å². The summed E-state index contributed by atoms with van der Waals surface area (Å²) in [5.74, 6) is -1.03. The van der Waals surface area contributed by atoms with Crippen LogP contribution in [-0.2, 0) is 0 Å².